The van der Waals surface area contributed by atoms with Crippen LogP contribution in [0.15, 0.2) is 11.5 Å². The summed E-state index contributed by atoms with van der Waals surface area (Å²) in [6, 6.07) is 0. The van der Waals surface area contributed by atoms with Crippen LogP contribution in [0, 0.1) is 0 Å². The molecule has 0 heterocycles. The highest BCUT2D eigenvalue weighted by atomic mass is 16.5. The van der Waals surface area contributed by atoms with Crippen molar-refractivity contribution in [1.82, 2.24) is 0 Å². The Hall–Kier alpha value is -1.19. The molecule has 0 atom stereocenters. The predicted octanol–water partition coefficient (Wildman–Crippen LogP) is 2.07. The first-order valence-electron chi connectivity index (χ1n) is 4.32. The minimum Gasteiger partial charge on any atom is -0.508 e. The van der Waals surface area contributed by atoms with Crippen LogP contribution in [0.1, 0.15) is 32.6 Å². The topological polar surface area (TPSA) is 66.8 Å². The Labute approximate surface area is 77.8 Å². The number of allylic oxidation sites excluding steroid dienone is 1. The van der Waals surface area contributed by atoms with E-state index < -0.39 is 11.7 Å². The van der Waals surface area contributed by atoms with E-state index in [1.165, 1.54) is 0 Å². The zero-order valence-corrected chi connectivity index (χ0v) is 8.04. The number of hydrogen-bond acceptors (Lipinski definition) is 4. The van der Waals surface area contributed by atoms with Crippen molar-refractivity contribution in [2.75, 3.05) is 7.11 Å². The summed E-state index contributed by atoms with van der Waals surface area (Å²) in [5, 5.41) is 18.2. The van der Waals surface area contributed by atoms with Crippen molar-refractivity contribution in [2.24, 2.45) is 0 Å². The molecule has 0 saturated heterocycles. The number of carbonyl (C=O) groups excluding carboxylic acids is 1. The minimum absolute atomic E-state index is 0.291. The summed E-state index contributed by atoms with van der Waals surface area (Å²) in [5.41, 5.74) is 0. The number of carbonyl (C=O) groups is 1. The van der Waals surface area contributed by atoms with E-state index in [0.717, 1.165) is 26.4 Å². The first kappa shape index (κ1) is 11.8. The zero-order chi connectivity index (χ0) is 10.3. The monoisotopic (exact) mass is 188 g/mol. The van der Waals surface area contributed by atoms with Crippen molar-refractivity contribution in [3.8, 4) is 0 Å². The largest absolute Gasteiger partial charge is 0.508 e. The Kier molecular flexibility index (Phi) is 5.76. The second-order valence-electron chi connectivity index (χ2n) is 2.74. The van der Waals surface area contributed by atoms with E-state index in [2.05, 4.69) is 4.74 Å². The molecule has 0 amide bonds. The van der Waals surface area contributed by atoms with Gasteiger partial charge < -0.3 is 14.9 Å². The molecule has 0 aliphatic heterocycles. The van der Waals surface area contributed by atoms with Crippen molar-refractivity contribution >= 4 is 5.97 Å². The normalized spacial score (nSPS) is 12.2. The summed E-state index contributed by atoms with van der Waals surface area (Å²) in [5.74, 6) is -1.87. The highest BCUT2D eigenvalue weighted by molar-refractivity contribution is 5.86. The molecule has 0 aliphatic carbocycles. The number of aliphatic hydroxyl groups is 2. The molecule has 4 heteroatoms. The Morgan fingerprint density at radius 3 is 2.38 bits per heavy atom. The molecule has 0 spiro atoms. The van der Waals surface area contributed by atoms with Crippen LogP contribution in [0.25, 0.3) is 0 Å². The van der Waals surface area contributed by atoms with Gasteiger partial charge in [-0.2, -0.15) is 0 Å². The van der Waals surface area contributed by atoms with Crippen molar-refractivity contribution in [2.45, 2.75) is 32.6 Å². The number of unbranched alkanes of at least 4 members (excludes halogenated alkanes) is 2. The smallest absolute Gasteiger partial charge is 0.376 e. The van der Waals surface area contributed by atoms with Gasteiger partial charge in [0.15, 0.2) is 0 Å². The van der Waals surface area contributed by atoms with Gasteiger partial charge in [-0.1, -0.05) is 19.8 Å². The lowest BCUT2D eigenvalue weighted by atomic mass is 10.1. The van der Waals surface area contributed by atoms with E-state index in [0.29, 0.717) is 6.42 Å². The average Bonchev–Trinajstić information content (AvgIpc) is 2.15. The maximum atomic E-state index is 10.7. The summed E-state index contributed by atoms with van der Waals surface area (Å²) in [6.45, 7) is 2.03. The Bertz CT molecular complexity index is 196. The molecule has 0 aromatic carbocycles. The summed E-state index contributed by atoms with van der Waals surface area (Å²) in [7, 11) is 1.15. The average molecular weight is 188 g/mol. The van der Waals surface area contributed by atoms with E-state index in [1.54, 1.807) is 0 Å². The molecule has 0 saturated carbocycles. The van der Waals surface area contributed by atoms with E-state index >= 15 is 0 Å². The van der Waals surface area contributed by atoms with Crippen molar-refractivity contribution < 1.29 is 19.7 Å². The summed E-state index contributed by atoms with van der Waals surface area (Å²) in [4.78, 5) is 10.7. The minimum atomic E-state index is -0.894. The van der Waals surface area contributed by atoms with Gasteiger partial charge in [-0.15, -0.1) is 0 Å². The SMILES string of the molecule is CCCCCC(O)=C(O)C(=O)OC. The maximum absolute atomic E-state index is 10.7. The fourth-order valence-electron chi connectivity index (χ4n) is 0.875. The van der Waals surface area contributed by atoms with E-state index in [4.69, 9.17) is 5.11 Å². The maximum Gasteiger partial charge on any atom is 0.376 e. The van der Waals surface area contributed by atoms with E-state index in [-0.39, 0.29) is 5.76 Å². The van der Waals surface area contributed by atoms with Crippen LogP contribution >= 0.6 is 0 Å². The predicted molar refractivity (Wildman–Crippen MR) is 48.4 cm³/mol. The van der Waals surface area contributed by atoms with Crippen LogP contribution in [-0.2, 0) is 9.53 Å². The molecule has 0 fully saturated rings. The first-order valence-corrected chi connectivity index (χ1v) is 4.32. The second kappa shape index (κ2) is 6.34. The van der Waals surface area contributed by atoms with Crippen LogP contribution in [-0.4, -0.2) is 23.3 Å². The van der Waals surface area contributed by atoms with Crippen LogP contribution < -0.4 is 0 Å². The Balaban J connectivity index is 4.03. The van der Waals surface area contributed by atoms with Crippen LogP contribution in [0.4, 0.5) is 0 Å². The van der Waals surface area contributed by atoms with Crippen molar-refractivity contribution in [3.63, 3.8) is 0 Å². The molecule has 0 aromatic rings. The first-order chi connectivity index (χ1) is 6.13. The van der Waals surface area contributed by atoms with Gasteiger partial charge in [-0.05, 0) is 6.42 Å². The van der Waals surface area contributed by atoms with Crippen LogP contribution in [0.2, 0.25) is 0 Å². The van der Waals surface area contributed by atoms with Gasteiger partial charge in [-0.3, -0.25) is 0 Å². The lowest BCUT2D eigenvalue weighted by Crippen LogP contribution is -2.07. The lowest BCUT2D eigenvalue weighted by Gasteiger charge is -2.02. The van der Waals surface area contributed by atoms with Crippen molar-refractivity contribution in [3.05, 3.63) is 11.5 Å². The number of ether oxygens (including phenoxy) is 1. The van der Waals surface area contributed by atoms with Gasteiger partial charge in [-0.25, -0.2) is 4.79 Å². The second-order valence-corrected chi connectivity index (χ2v) is 2.74. The molecule has 2 N–H and O–H groups in total. The summed E-state index contributed by atoms with van der Waals surface area (Å²) >= 11 is 0. The third-order valence-electron chi connectivity index (χ3n) is 1.67. The van der Waals surface area contributed by atoms with Crippen LogP contribution in [0.5, 0.6) is 0 Å². The summed E-state index contributed by atoms with van der Waals surface area (Å²) in [6.07, 6.45) is 3.04. The molecule has 0 bridgehead atoms. The summed E-state index contributed by atoms with van der Waals surface area (Å²) < 4.78 is 4.23. The molecule has 13 heavy (non-hydrogen) atoms. The number of aliphatic hydroxyl groups excluding tert-OH is 2. The van der Waals surface area contributed by atoms with Gasteiger partial charge in [0.1, 0.15) is 5.76 Å². The Morgan fingerprint density at radius 2 is 1.92 bits per heavy atom. The van der Waals surface area contributed by atoms with Crippen molar-refractivity contribution in [1.29, 1.82) is 0 Å². The third-order valence-corrected chi connectivity index (χ3v) is 1.67. The highest BCUT2D eigenvalue weighted by Crippen LogP contribution is 2.09. The third kappa shape index (κ3) is 4.40. The number of esters is 1. The van der Waals surface area contributed by atoms with Gasteiger partial charge in [0, 0.05) is 6.42 Å². The molecule has 0 radical (unpaired) electrons. The Morgan fingerprint density at radius 1 is 1.31 bits per heavy atom. The lowest BCUT2D eigenvalue weighted by molar-refractivity contribution is -0.139. The molecule has 0 aliphatic rings. The van der Waals surface area contributed by atoms with Gasteiger partial charge in [0.05, 0.1) is 7.11 Å². The fraction of sp³-hybridized carbons (Fsp3) is 0.667. The number of rotatable bonds is 5. The standard InChI is InChI=1S/C9H16O4/c1-3-4-5-6-7(10)8(11)9(12)13-2/h10-11H,3-6H2,1-2H3. The molecule has 0 unspecified atom stereocenters. The fourth-order valence-corrected chi connectivity index (χ4v) is 0.875. The molecule has 76 valence electrons. The molecule has 4 nitrogen and oxygen atoms in total. The van der Waals surface area contributed by atoms with Gasteiger partial charge in [0.2, 0.25) is 5.76 Å². The zero-order valence-electron chi connectivity index (χ0n) is 8.04. The number of methoxy groups -OCH3 is 1. The number of hydrogen-bond donors (Lipinski definition) is 2. The molecular weight excluding hydrogens is 172 g/mol. The molecule has 0 aromatic heterocycles. The quantitative estimate of drug-likeness (QED) is 0.300. The van der Waals surface area contributed by atoms with Crippen LogP contribution in [0.3, 0.4) is 0 Å². The molecule has 0 rings (SSSR count). The van der Waals surface area contributed by atoms with E-state index in [9.17, 15) is 9.90 Å². The highest BCUT2D eigenvalue weighted by Gasteiger charge is 2.13. The van der Waals surface area contributed by atoms with Gasteiger partial charge in [0.25, 0.3) is 0 Å². The molecular formula is C9H16O4. The van der Waals surface area contributed by atoms with E-state index in [1.807, 2.05) is 6.92 Å². The van der Waals surface area contributed by atoms with Gasteiger partial charge >= 0.3 is 5.97 Å².